The lowest BCUT2D eigenvalue weighted by Gasteiger charge is -2.39. The summed E-state index contributed by atoms with van der Waals surface area (Å²) in [7, 11) is 2.08. The molecule has 0 N–H and O–H groups in total. The fraction of sp³-hybridized carbons (Fsp3) is 0.423. The Hall–Kier alpha value is -3.10. The molecule has 0 aliphatic carbocycles. The highest BCUT2D eigenvalue weighted by Gasteiger charge is 2.33. The van der Waals surface area contributed by atoms with Gasteiger partial charge in [0.2, 0.25) is 6.79 Å². The molecule has 2 aromatic carbocycles. The standard InChI is InChI=1S/C26H31ClN4O4/c1-5-26(2,3)24(32)34-17-35-25(33)31-22-16-18(27)10-11-21(22)28-20-9-7-6-8-19(20)23(31)30-14-12-29(4)13-15-30/h6-11,16H,5,12-15,17H2,1-4H3. The molecule has 2 aliphatic heterocycles. The van der Waals surface area contributed by atoms with Crippen LogP contribution in [0.25, 0.3) is 5.82 Å². The first kappa shape index (κ1) is 25.0. The van der Waals surface area contributed by atoms with E-state index >= 15 is 0 Å². The second-order valence-corrected chi connectivity index (χ2v) is 9.85. The van der Waals surface area contributed by atoms with Crippen molar-refractivity contribution in [2.45, 2.75) is 27.2 Å². The molecule has 2 heterocycles. The number of ether oxygens (including phenoxy) is 2. The molecular formula is C26H31ClN4O4. The van der Waals surface area contributed by atoms with Gasteiger partial charge in [0.15, 0.2) is 0 Å². The molecule has 1 amide bonds. The van der Waals surface area contributed by atoms with Crippen LogP contribution in [0.2, 0.25) is 5.02 Å². The van der Waals surface area contributed by atoms with Crippen LogP contribution in [0.15, 0.2) is 47.5 Å². The summed E-state index contributed by atoms with van der Waals surface area (Å²) < 4.78 is 10.8. The number of benzene rings is 2. The van der Waals surface area contributed by atoms with E-state index in [2.05, 4.69) is 16.8 Å². The number of carbonyl (C=O) groups is 2. The minimum absolute atomic E-state index is 0.421. The molecule has 35 heavy (non-hydrogen) atoms. The van der Waals surface area contributed by atoms with Gasteiger partial charge in [0.25, 0.3) is 0 Å². The number of anilines is 1. The summed E-state index contributed by atoms with van der Waals surface area (Å²) in [6.07, 6.45) is -0.0614. The lowest BCUT2D eigenvalue weighted by Crippen LogP contribution is -2.51. The van der Waals surface area contributed by atoms with E-state index in [-0.39, 0.29) is 0 Å². The second-order valence-electron chi connectivity index (χ2n) is 9.41. The Balaban J connectivity index is 1.76. The van der Waals surface area contributed by atoms with E-state index in [0.717, 1.165) is 36.8 Å². The number of halogens is 1. The number of rotatable bonds is 5. The highest BCUT2D eigenvalue weighted by molar-refractivity contribution is 6.31. The molecule has 0 aromatic heterocycles. The van der Waals surface area contributed by atoms with Crippen molar-refractivity contribution in [2.75, 3.05) is 44.9 Å². The first-order valence-corrected chi connectivity index (χ1v) is 12.1. The fourth-order valence-electron chi connectivity index (χ4n) is 3.95. The molecule has 4 rings (SSSR count). The third kappa shape index (κ3) is 5.28. The van der Waals surface area contributed by atoms with Crippen molar-refractivity contribution in [1.29, 1.82) is 0 Å². The molecule has 0 bridgehead atoms. The van der Waals surface area contributed by atoms with Crippen LogP contribution in [0.5, 0.6) is 0 Å². The zero-order chi connectivity index (χ0) is 25.2. The molecule has 2 aromatic rings. The normalized spacial score (nSPS) is 16.1. The van der Waals surface area contributed by atoms with Gasteiger partial charge in [0.05, 0.1) is 22.1 Å². The molecule has 0 atom stereocenters. The fourth-order valence-corrected chi connectivity index (χ4v) is 4.11. The molecule has 186 valence electrons. The summed E-state index contributed by atoms with van der Waals surface area (Å²) in [5.74, 6) is 0.249. The van der Waals surface area contributed by atoms with Crippen molar-refractivity contribution in [3.05, 3.63) is 58.1 Å². The van der Waals surface area contributed by atoms with Crippen LogP contribution < -0.4 is 15.5 Å². The number of hydrogen-bond donors (Lipinski definition) is 0. The predicted octanol–water partition coefficient (Wildman–Crippen LogP) is 3.50. The van der Waals surface area contributed by atoms with Crippen LogP contribution >= 0.6 is 11.6 Å². The largest absolute Gasteiger partial charge is 0.427 e. The first-order valence-electron chi connectivity index (χ1n) is 11.8. The Kier molecular flexibility index (Phi) is 7.33. The maximum absolute atomic E-state index is 13.6. The van der Waals surface area contributed by atoms with Gasteiger partial charge in [-0.3, -0.25) is 4.79 Å². The quantitative estimate of drug-likeness (QED) is 0.464. The van der Waals surface area contributed by atoms with Crippen molar-refractivity contribution in [2.24, 2.45) is 10.4 Å². The summed E-state index contributed by atoms with van der Waals surface area (Å²) in [4.78, 5) is 36.7. The van der Waals surface area contributed by atoms with Gasteiger partial charge in [0, 0.05) is 36.4 Å². The van der Waals surface area contributed by atoms with Gasteiger partial charge >= 0.3 is 12.1 Å². The lowest BCUT2D eigenvalue weighted by atomic mass is 9.91. The Morgan fingerprint density at radius 1 is 1.06 bits per heavy atom. The zero-order valence-electron chi connectivity index (χ0n) is 20.6. The topological polar surface area (TPSA) is 74.7 Å². The van der Waals surface area contributed by atoms with Gasteiger partial charge in [-0.2, -0.15) is 0 Å². The number of carbonyl (C=O) groups excluding carboxylic acids is 2. The number of para-hydroxylation sites is 1. The Morgan fingerprint density at radius 3 is 2.49 bits per heavy atom. The van der Waals surface area contributed by atoms with Gasteiger partial charge in [-0.05, 0) is 57.6 Å². The van der Waals surface area contributed by atoms with Gasteiger partial charge in [0.1, 0.15) is 5.82 Å². The van der Waals surface area contributed by atoms with Crippen LogP contribution in [-0.4, -0.2) is 61.9 Å². The zero-order valence-corrected chi connectivity index (χ0v) is 21.3. The SMILES string of the molecule is CCC(C)(C)C(=O)OCOC(=O)N1C(N2CCN(C)CC2)=c2ccccc2=Nc2ccc(Cl)cc21. The Morgan fingerprint density at radius 2 is 1.77 bits per heavy atom. The molecule has 0 unspecified atom stereocenters. The number of amides is 1. The molecule has 9 heteroatoms. The van der Waals surface area contributed by atoms with Gasteiger partial charge in [-0.25, -0.2) is 14.7 Å². The smallest absolute Gasteiger partial charge is 0.423 e. The van der Waals surface area contributed by atoms with E-state index < -0.39 is 24.3 Å². The summed E-state index contributed by atoms with van der Waals surface area (Å²) in [6.45, 7) is 8.14. The van der Waals surface area contributed by atoms with E-state index in [1.54, 1.807) is 32.0 Å². The summed E-state index contributed by atoms with van der Waals surface area (Å²) in [5, 5.41) is 2.03. The Labute approximate surface area is 210 Å². The van der Waals surface area contributed by atoms with Crippen LogP contribution in [-0.2, 0) is 14.3 Å². The molecule has 0 spiro atoms. The average Bonchev–Trinajstić information content (AvgIpc) is 2.98. The van der Waals surface area contributed by atoms with Crippen molar-refractivity contribution < 1.29 is 19.1 Å². The van der Waals surface area contributed by atoms with E-state index in [1.807, 2.05) is 31.2 Å². The predicted molar refractivity (Wildman–Crippen MR) is 135 cm³/mol. The highest BCUT2D eigenvalue weighted by atomic mass is 35.5. The number of esters is 1. The molecular weight excluding hydrogens is 468 g/mol. The maximum Gasteiger partial charge on any atom is 0.423 e. The van der Waals surface area contributed by atoms with Gasteiger partial charge in [-0.1, -0.05) is 30.7 Å². The van der Waals surface area contributed by atoms with Gasteiger partial charge < -0.3 is 19.3 Å². The summed E-state index contributed by atoms with van der Waals surface area (Å²) in [5.41, 5.74) is 0.434. The molecule has 8 nitrogen and oxygen atoms in total. The van der Waals surface area contributed by atoms with Crippen LogP contribution in [0, 0.1) is 5.41 Å². The second kappa shape index (κ2) is 10.3. The average molecular weight is 499 g/mol. The summed E-state index contributed by atoms with van der Waals surface area (Å²) in [6, 6.07) is 12.9. The van der Waals surface area contributed by atoms with Crippen LogP contribution in [0.1, 0.15) is 27.2 Å². The van der Waals surface area contributed by atoms with Crippen LogP contribution in [0.3, 0.4) is 0 Å². The van der Waals surface area contributed by atoms with E-state index in [4.69, 9.17) is 26.1 Å². The molecule has 0 saturated carbocycles. The number of piperazine rings is 1. The van der Waals surface area contributed by atoms with Crippen molar-refractivity contribution in [1.82, 2.24) is 9.80 Å². The van der Waals surface area contributed by atoms with E-state index in [0.29, 0.717) is 28.6 Å². The minimum Gasteiger partial charge on any atom is -0.427 e. The number of fused-ring (bicyclic) bond motifs is 2. The van der Waals surface area contributed by atoms with Crippen molar-refractivity contribution >= 4 is 40.9 Å². The third-order valence-corrected chi connectivity index (χ3v) is 6.81. The third-order valence-electron chi connectivity index (χ3n) is 6.57. The monoisotopic (exact) mass is 498 g/mol. The van der Waals surface area contributed by atoms with E-state index in [9.17, 15) is 9.59 Å². The van der Waals surface area contributed by atoms with Crippen LogP contribution in [0.4, 0.5) is 16.2 Å². The lowest BCUT2D eigenvalue weighted by molar-refractivity contribution is -0.162. The maximum atomic E-state index is 13.6. The molecule has 2 aliphatic rings. The van der Waals surface area contributed by atoms with Crippen molar-refractivity contribution in [3.63, 3.8) is 0 Å². The molecule has 1 saturated heterocycles. The molecule has 0 radical (unpaired) electrons. The number of likely N-dealkylation sites (N-methyl/N-ethyl adjacent to an activating group) is 1. The van der Waals surface area contributed by atoms with Crippen molar-refractivity contribution in [3.8, 4) is 0 Å². The van der Waals surface area contributed by atoms with Gasteiger partial charge in [-0.15, -0.1) is 0 Å². The van der Waals surface area contributed by atoms with E-state index in [1.165, 1.54) is 4.90 Å². The number of nitrogens with zero attached hydrogens (tertiary/aromatic N) is 4. The number of hydrogen-bond acceptors (Lipinski definition) is 7. The first-order chi connectivity index (χ1) is 16.7. The highest BCUT2D eigenvalue weighted by Crippen LogP contribution is 2.36. The minimum atomic E-state index is -0.670. The summed E-state index contributed by atoms with van der Waals surface area (Å²) >= 11 is 6.36. The Bertz CT molecular complexity index is 1240. The molecule has 1 fully saturated rings.